The predicted molar refractivity (Wildman–Crippen MR) is 95.0 cm³/mol. The van der Waals surface area contributed by atoms with Crippen LogP contribution in [0.15, 0.2) is 47.4 Å². The standard InChI is InChI=1S/C17H20FN3O2.ClH/c1-12(19)4-9-16(22)20-15-3-2-10-21(17(15)23)11-13-5-7-14(18)8-6-13;/h2-3,5-8,10,12H,4,9,11,19H2,1H3,(H,20,22);1H. The van der Waals surface area contributed by atoms with Crippen molar-refractivity contribution in [1.29, 1.82) is 0 Å². The molecule has 0 aliphatic carbocycles. The highest BCUT2D eigenvalue weighted by molar-refractivity contribution is 5.90. The number of carbonyl (C=O) groups is 1. The number of nitrogens with two attached hydrogens (primary N) is 1. The third-order valence-corrected chi connectivity index (χ3v) is 3.39. The van der Waals surface area contributed by atoms with Crippen molar-refractivity contribution in [3.63, 3.8) is 0 Å². The normalized spacial score (nSPS) is 11.5. The van der Waals surface area contributed by atoms with Crippen LogP contribution >= 0.6 is 12.4 Å². The van der Waals surface area contributed by atoms with Gasteiger partial charge in [0, 0.05) is 18.7 Å². The number of aromatic nitrogens is 1. The van der Waals surface area contributed by atoms with E-state index in [-0.39, 0.29) is 47.8 Å². The largest absolute Gasteiger partial charge is 0.328 e. The molecule has 1 amide bonds. The molecular weight excluding hydrogens is 333 g/mol. The molecule has 7 heteroatoms. The summed E-state index contributed by atoms with van der Waals surface area (Å²) in [4.78, 5) is 24.2. The zero-order chi connectivity index (χ0) is 16.8. The number of carbonyl (C=O) groups excluding carboxylic acids is 1. The van der Waals surface area contributed by atoms with Gasteiger partial charge in [-0.1, -0.05) is 12.1 Å². The first-order valence-corrected chi connectivity index (χ1v) is 7.45. The molecule has 0 bridgehead atoms. The van der Waals surface area contributed by atoms with Crippen LogP contribution < -0.4 is 16.6 Å². The second kappa shape index (κ2) is 9.20. The Balaban J connectivity index is 0.00000288. The SMILES string of the molecule is CC(N)CCC(=O)Nc1cccn(Cc2ccc(F)cc2)c1=O.Cl. The van der Waals surface area contributed by atoms with Crippen LogP contribution in [0.5, 0.6) is 0 Å². The van der Waals surface area contributed by atoms with Crippen LogP contribution in [0, 0.1) is 5.82 Å². The van der Waals surface area contributed by atoms with Crippen LogP contribution in [0.3, 0.4) is 0 Å². The monoisotopic (exact) mass is 353 g/mol. The Hall–Kier alpha value is -2.18. The number of anilines is 1. The molecule has 24 heavy (non-hydrogen) atoms. The first-order valence-electron chi connectivity index (χ1n) is 7.45. The highest BCUT2D eigenvalue weighted by Crippen LogP contribution is 2.06. The topological polar surface area (TPSA) is 77.1 Å². The average molecular weight is 354 g/mol. The number of hydrogen-bond acceptors (Lipinski definition) is 3. The lowest BCUT2D eigenvalue weighted by Crippen LogP contribution is -2.26. The van der Waals surface area contributed by atoms with Gasteiger partial charge >= 0.3 is 0 Å². The van der Waals surface area contributed by atoms with Crippen molar-refractivity contribution in [2.75, 3.05) is 5.32 Å². The molecule has 0 radical (unpaired) electrons. The van der Waals surface area contributed by atoms with E-state index in [2.05, 4.69) is 5.32 Å². The van der Waals surface area contributed by atoms with Crippen LogP contribution in [0.2, 0.25) is 0 Å². The van der Waals surface area contributed by atoms with Gasteiger partial charge in [-0.2, -0.15) is 0 Å². The minimum atomic E-state index is -0.323. The van der Waals surface area contributed by atoms with Gasteiger partial charge < -0.3 is 15.6 Å². The summed E-state index contributed by atoms with van der Waals surface area (Å²) in [5.74, 6) is -0.560. The van der Waals surface area contributed by atoms with Crippen molar-refractivity contribution >= 4 is 24.0 Å². The Bertz CT molecular complexity index is 729. The van der Waals surface area contributed by atoms with Crippen molar-refractivity contribution in [2.45, 2.75) is 32.4 Å². The Morgan fingerprint density at radius 2 is 1.96 bits per heavy atom. The van der Waals surface area contributed by atoms with Gasteiger partial charge in [0.05, 0.1) is 6.54 Å². The minimum Gasteiger partial charge on any atom is -0.328 e. The molecule has 1 aromatic carbocycles. The Morgan fingerprint density at radius 1 is 1.29 bits per heavy atom. The van der Waals surface area contributed by atoms with Gasteiger partial charge in [0.15, 0.2) is 0 Å². The lowest BCUT2D eigenvalue weighted by Gasteiger charge is -2.10. The molecule has 130 valence electrons. The quantitative estimate of drug-likeness (QED) is 0.837. The Kier molecular flexibility index (Phi) is 7.61. The van der Waals surface area contributed by atoms with Gasteiger partial charge in [0.25, 0.3) is 5.56 Å². The summed E-state index contributed by atoms with van der Waals surface area (Å²) < 4.78 is 14.4. The number of benzene rings is 1. The van der Waals surface area contributed by atoms with Crippen molar-refractivity contribution in [2.24, 2.45) is 5.73 Å². The fraction of sp³-hybridized carbons (Fsp3) is 0.294. The molecule has 3 N–H and O–H groups in total. The maximum atomic E-state index is 12.9. The smallest absolute Gasteiger partial charge is 0.274 e. The Labute approximate surface area is 146 Å². The molecule has 1 aromatic heterocycles. The van der Waals surface area contributed by atoms with Gasteiger partial charge in [-0.25, -0.2) is 4.39 Å². The van der Waals surface area contributed by atoms with Crippen LogP contribution in [-0.4, -0.2) is 16.5 Å². The van der Waals surface area contributed by atoms with Crippen molar-refractivity contribution in [3.8, 4) is 0 Å². The molecule has 1 heterocycles. The van der Waals surface area contributed by atoms with E-state index in [0.717, 1.165) is 5.56 Å². The Morgan fingerprint density at radius 3 is 2.58 bits per heavy atom. The molecule has 0 aliphatic heterocycles. The average Bonchev–Trinajstić information content (AvgIpc) is 2.51. The van der Waals surface area contributed by atoms with Gasteiger partial charge in [-0.15, -0.1) is 12.4 Å². The third-order valence-electron chi connectivity index (χ3n) is 3.39. The summed E-state index contributed by atoms with van der Waals surface area (Å²) in [6.07, 6.45) is 2.45. The zero-order valence-corrected chi connectivity index (χ0v) is 14.2. The van der Waals surface area contributed by atoms with E-state index in [1.54, 1.807) is 30.5 Å². The highest BCUT2D eigenvalue weighted by Gasteiger charge is 2.09. The summed E-state index contributed by atoms with van der Waals surface area (Å²) in [6, 6.07) is 9.12. The third kappa shape index (κ3) is 5.79. The van der Waals surface area contributed by atoms with Crippen molar-refractivity contribution in [1.82, 2.24) is 4.57 Å². The minimum absolute atomic E-state index is 0. The van der Waals surface area contributed by atoms with Crippen LogP contribution in [0.25, 0.3) is 0 Å². The number of hydrogen-bond donors (Lipinski definition) is 2. The second-order valence-electron chi connectivity index (χ2n) is 5.55. The predicted octanol–water partition coefficient (Wildman–Crippen LogP) is 2.52. The molecule has 0 aliphatic rings. The fourth-order valence-electron chi connectivity index (χ4n) is 2.11. The van der Waals surface area contributed by atoms with Gasteiger partial charge in [-0.3, -0.25) is 9.59 Å². The highest BCUT2D eigenvalue weighted by atomic mass is 35.5. The lowest BCUT2D eigenvalue weighted by molar-refractivity contribution is -0.116. The number of rotatable bonds is 6. The molecule has 2 aromatic rings. The fourth-order valence-corrected chi connectivity index (χ4v) is 2.11. The van der Waals surface area contributed by atoms with Crippen LogP contribution in [-0.2, 0) is 11.3 Å². The first kappa shape index (κ1) is 19.9. The number of pyridine rings is 1. The molecular formula is C17H21ClFN3O2. The lowest BCUT2D eigenvalue weighted by atomic mass is 10.2. The molecule has 5 nitrogen and oxygen atoms in total. The molecule has 0 saturated heterocycles. The zero-order valence-electron chi connectivity index (χ0n) is 13.4. The van der Waals surface area contributed by atoms with E-state index >= 15 is 0 Å². The molecule has 0 spiro atoms. The molecule has 2 rings (SSSR count). The number of nitrogens with one attached hydrogen (secondary N) is 1. The van der Waals surface area contributed by atoms with Gasteiger partial charge in [0.1, 0.15) is 11.5 Å². The summed E-state index contributed by atoms with van der Waals surface area (Å²) in [5.41, 5.74) is 6.34. The molecule has 0 fully saturated rings. The van der Waals surface area contributed by atoms with Crippen LogP contribution in [0.1, 0.15) is 25.3 Å². The van der Waals surface area contributed by atoms with E-state index in [1.165, 1.54) is 16.7 Å². The van der Waals surface area contributed by atoms with Crippen molar-refractivity contribution < 1.29 is 9.18 Å². The van der Waals surface area contributed by atoms with E-state index in [9.17, 15) is 14.0 Å². The van der Waals surface area contributed by atoms with E-state index in [4.69, 9.17) is 5.73 Å². The molecule has 1 atom stereocenters. The van der Waals surface area contributed by atoms with E-state index in [1.807, 2.05) is 6.92 Å². The number of amides is 1. The first-order chi connectivity index (χ1) is 11.0. The van der Waals surface area contributed by atoms with E-state index in [0.29, 0.717) is 13.0 Å². The van der Waals surface area contributed by atoms with Gasteiger partial charge in [-0.05, 0) is 43.2 Å². The number of halogens is 2. The summed E-state index contributed by atoms with van der Waals surface area (Å²) in [5, 5.41) is 2.61. The summed E-state index contributed by atoms with van der Waals surface area (Å²) in [6.45, 7) is 2.13. The maximum absolute atomic E-state index is 12.9. The van der Waals surface area contributed by atoms with E-state index < -0.39 is 0 Å². The second-order valence-corrected chi connectivity index (χ2v) is 5.55. The molecule has 0 saturated carbocycles. The number of nitrogens with zero attached hydrogens (tertiary/aromatic N) is 1. The molecule has 1 unspecified atom stereocenters. The summed E-state index contributed by atoms with van der Waals surface area (Å²) in [7, 11) is 0. The van der Waals surface area contributed by atoms with Gasteiger partial charge in [0.2, 0.25) is 5.91 Å². The van der Waals surface area contributed by atoms with Crippen molar-refractivity contribution in [3.05, 3.63) is 64.3 Å². The maximum Gasteiger partial charge on any atom is 0.274 e. The summed E-state index contributed by atoms with van der Waals surface area (Å²) >= 11 is 0. The van der Waals surface area contributed by atoms with Crippen LogP contribution in [0.4, 0.5) is 10.1 Å².